The van der Waals surface area contributed by atoms with Crippen LogP contribution in [0, 0.1) is 6.92 Å². The van der Waals surface area contributed by atoms with Crippen molar-refractivity contribution in [2.75, 3.05) is 20.3 Å². The summed E-state index contributed by atoms with van der Waals surface area (Å²) in [5, 5.41) is 4.09. The zero-order valence-corrected chi connectivity index (χ0v) is 13.1. The average Bonchev–Trinajstić information content (AvgIpc) is 2.78. The van der Waals surface area contributed by atoms with Crippen LogP contribution >= 0.6 is 0 Å². The Labute approximate surface area is 126 Å². The first kappa shape index (κ1) is 15.6. The van der Waals surface area contributed by atoms with Gasteiger partial charge in [-0.25, -0.2) is 0 Å². The number of hydrogen-bond acceptors (Lipinski definition) is 2. The van der Waals surface area contributed by atoms with Crippen molar-refractivity contribution in [1.29, 1.82) is 0 Å². The van der Waals surface area contributed by atoms with E-state index in [0.29, 0.717) is 13.2 Å². The maximum absolute atomic E-state index is 12.5. The summed E-state index contributed by atoms with van der Waals surface area (Å²) in [6.45, 7) is 6.12. The molecule has 4 nitrogen and oxygen atoms in total. The van der Waals surface area contributed by atoms with E-state index in [1.807, 2.05) is 19.1 Å². The highest BCUT2D eigenvalue weighted by molar-refractivity contribution is 6.01. The van der Waals surface area contributed by atoms with E-state index in [2.05, 4.69) is 28.9 Å². The number of carbonyl (C=O) groups is 1. The van der Waals surface area contributed by atoms with Gasteiger partial charge in [-0.05, 0) is 25.0 Å². The number of carbonyl (C=O) groups excluding carboxylic acids is 1. The Kier molecular flexibility index (Phi) is 5.39. The molecule has 0 aliphatic carbocycles. The van der Waals surface area contributed by atoms with Gasteiger partial charge in [0.15, 0.2) is 0 Å². The fourth-order valence-corrected chi connectivity index (χ4v) is 2.67. The van der Waals surface area contributed by atoms with E-state index in [4.69, 9.17) is 4.74 Å². The van der Waals surface area contributed by atoms with Crippen molar-refractivity contribution in [3.8, 4) is 0 Å². The summed E-state index contributed by atoms with van der Waals surface area (Å²) in [5.74, 6) is -0.0168. The number of unbranched alkanes of at least 4 members (excludes halogenated alkanes) is 1. The highest BCUT2D eigenvalue weighted by atomic mass is 16.5. The highest BCUT2D eigenvalue weighted by Crippen LogP contribution is 2.26. The summed E-state index contributed by atoms with van der Waals surface area (Å²) < 4.78 is 7.14. The van der Waals surface area contributed by atoms with Gasteiger partial charge in [-0.1, -0.05) is 31.5 Å². The SMILES string of the molecule is CCCCn1c(C(=O)NCCOC)c(C)c2ccccc21. The minimum absolute atomic E-state index is 0.0168. The van der Waals surface area contributed by atoms with Crippen molar-refractivity contribution in [2.24, 2.45) is 0 Å². The molecule has 2 aromatic rings. The summed E-state index contributed by atoms with van der Waals surface area (Å²) in [5.41, 5.74) is 2.97. The second-order valence-electron chi connectivity index (χ2n) is 5.24. The minimum Gasteiger partial charge on any atom is -0.383 e. The third-order valence-electron chi connectivity index (χ3n) is 3.77. The Balaban J connectivity index is 2.39. The topological polar surface area (TPSA) is 43.3 Å². The Bertz CT molecular complexity index is 617. The van der Waals surface area contributed by atoms with Gasteiger partial charge in [0.25, 0.3) is 5.91 Å². The van der Waals surface area contributed by atoms with Crippen molar-refractivity contribution in [1.82, 2.24) is 9.88 Å². The lowest BCUT2D eigenvalue weighted by Gasteiger charge is -2.11. The molecule has 21 heavy (non-hydrogen) atoms. The number of nitrogens with one attached hydrogen (secondary N) is 1. The van der Waals surface area contributed by atoms with Crippen molar-refractivity contribution in [2.45, 2.75) is 33.2 Å². The highest BCUT2D eigenvalue weighted by Gasteiger charge is 2.19. The van der Waals surface area contributed by atoms with Crippen LogP contribution < -0.4 is 5.32 Å². The summed E-state index contributed by atoms with van der Waals surface area (Å²) >= 11 is 0. The van der Waals surface area contributed by atoms with Gasteiger partial charge < -0.3 is 14.6 Å². The molecule has 1 aromatic heterocycles. The Morgan fingerprint density at radius 1 is 1.33 bits per heavy atom. The van der Waals surface area contributed by atoms with Gasteiger partial charge in [-0.3, -0.25) is 4.79 Å². The summed E-state index contributed by atoms with van der Waals surface area (Å²) in [6.07, 6.45) is 2.17. The number of benzene rings is 1. The van der Waals surface area contributed by atoms with Crippen molar-refractivity contribution in [3.05, 3.63) is 35.5 Å². The molecule has 0 saturated heterocycles. The number of nitrogens with zero attached hydrogens (tertiary/aromatic N) is 1. The summed E-state index contributed by atoms with van der Waals surface area (Å²) in [6, 6.07) is 8.21. The molecule has 0 spiro atoms. The summed E-state index contributed by atoms with van der Waals surface area (Å²) in [7, 11) is 1.63. The molecule has 0 bridgehead atoms. The van der Waals surface area contributed by atoms with Gasteiger partial charge in [-0.15, -0.1) is 0 Å². The first-order valence-electron chi connectivity index (χ1n) is 7.55. The molecular formula is C17H24N2O2. The number of para-hydroxylation sites is 1. The van der Waals surface area contributed by atoms with E-state index in [1.54, 1.807) is 7.11 Å². The third kappa shape index (κ3) is 3.27. The molecule has 1 amide bonds. The van der Waals surface area contributed by atoms with Crippen molar-refractivity contribution in [3.63, 3.8) is 0 Å². The number of rotatable bonds is 7. The van der Waals surface area contributed by atoms with Crippen molar-refractivity contribution >= 4 is 16.8 Å². The quantitative estimate of drug-likeness (QED) is 0.795. The molecule has 1 aromatic carbocycles. The number of fused-ring (bicyclic) bond motifs is 1. The molecule has 0 aliphatic heterocycles. The largest absolute Gasteiger partial charge is 0.383 e. The Morgan fingerprint density at radius 3 is 2.81 bits per heavy atom. The lowest BCUT2D eigenvalue weighted by Crippen LogP contribution is -2.29. The van der Waals surface area contributed by atoms with Crippen LogP contribution in [0.2, 0.25) is 0 Å². The van der Waals surface area contributed by atoms with E-state index in [-0.39, 0.29) is 5.91 Å². The molecule has 114 valence electrons. The fourth-order valence-electron chi connectivity index (χ4n) is 2.67. The summed E-state index contributed by atoms with van der Waals surface area (Å²) in [4.78, 5) is 12.5. The van der Waals surface area contributed by atoms with E-state index >= 15 is 0 Å². The van der Waals surface area contributed by atoms with E-state index < -0.39 is 0 Å². The minimum atomic E-state index is -0.0168. The number of amides is 1. The molecule has 0 unspecified atom stereocenters. The first-order valence-corrected chi connectivity index (χ1v) is 7.55. The number of hydrogen-bond donors (Lipinski definition) is 1. The lowest BCUT2D eigenvalue weighted by molar-refractivity contribution is 0.0927. The second kappa shape index (κ2) is 7.27. The van der Waals surface area contributed by atoms with Crippen LogP contribution in [0.4, 0.5) is 0 Å². The number of aryl methyl sites for hydroxylation is 2. The van der Waals surface area contributed by atoms with Gasteiger partial charge in [0.2, 0.25) is 0 Å². The normalized spacial score (nSPS) is 11.0. The van der Waals surface area contributed by atoms with Crippen LogP contribution in [0.15, 0.2) is 24.3 Å². The van der Waals surface area contributed by atoms with Crippen LogP contribution in [-0.2, 0) is 11.3 Å². The number of methoxy groups -OCH3 is 1. The van der Waals surface area contributed by atoms with Gasteiger partial charge in [-0.2, -0.15) is 0 Å². The molecule has 2 rings (SSSR count). The van der Waals surface area contributed by atoms with E-state index in [1.165, 1.54) is 0 Å². The predicted octanol–water partition coefficient (Wildman–Crippen LogP) is 3.13. The second-order valence-corrected chi connectivity index (χ2v) is 5.24. The predicted molar refractivity (Wildman–Crippen MR) is 85.8 cm³/mol. The molecular weight excluding hydrogens is 264 g/mol. The monoisotopic (exact) mass is 288 g/mol. The maximum atomic E-state index is 12.5. The standard InChI is InChI=1S/C17H24N2O2/c1-4-5-11-19-15-9-7-6-8-14(15)13(2)16(19)17(20)18-10-12-21-3/h6-9H,4-5,10-12H2,1-3H3,(H,18,20). The Morgan fingerprint density at radius 2 is 2.10 bits per heavy atom. The molecule has 1 N–H and O–H groups in total. The van der Waals surface area contributed by atoms with Gasteiger partial charge in [0, 0.05) is 31.1 Å². The first-order chi connectivity index (χ1) is 10.2. The molecule has 0 aliphatic rings. The lowest BCUT2D eigenvalue weighted by atomic mass is 10.1. The van der Waals surface area contributed by atoms with Crippen LogP contribution in [0.5, 0.6) is 0 Å². The third-order valence-corrected chi connectivity index (χ3v) is 3.77. The molecule has 0 atom stereocenters. The molecule has 0 radical (unpaired) electrons. The van der Waals surface area contributed by atoms with Crippen molar-refractivity contribution < 1.29 is 9.53 Å². The van der Waals surface area contributed by atoms with Crippen LogP contribution in [0.1, 0.15) is 35.8 Å². The van der Waals surface area contributed by atoms with Gasteiger partial charge in [0.1, 0.15) is 5.69 Å². The van der Waals surface area contributed by atoms with Gasteiger partial charge >= 0.3 is 0 Å². The molecule has 4 heteroatoms. The van der Waals surface area contributed by atoms with Crippen LogP contribution in [0.3, 0.4) is 0 Å². The van der Waals surface area contributed by atoms with Gasteiger partial charge in [0.05, 0.1) is 6.61 Å². The van der Waals surface area contributed by atoms with Crippen LogP contribution in [-0.4, -0.2) is 30.7 Å². The number of aromatic nitrogens is 1. The number of ether oxygens (including phenoxy) is 1. The smallest absolute Gasteiger partial charge is 0.268 e. The average molecular weight is 288 g/mol. The zero-order chi connectivity index (χ0) is 15.2. The zero-order valence-electron chi connectivity index (χ0n) is 13.1. The fraction of sp³-hybridized carbons (Fsp3) is 0.471. The molecule has 0 fully saturated rings. The van der Waals surface area contributed by atoms with E-state index in [0.717, 1.165) is 41.5 Å². The molecule has 1 heterocycles. The van der Waals surface area contributed by atoms with Crippen LogP contribution in [0.25, 0.3) is 10.9 Å². The maximum Gasteiger partial charge on any atom is 0.268 e. The molecule has 0 saturated carbocycles. The Hall–Kier alpha value is -1.81. The van der Waals surface area contributed by atoms with E-state index in [9.17, 15) is 4.79 Å².